The Labute approximate surface area is 607 Å². The number of ether oxygens (including phenoxy) is 4. The molecular formula is C80H156O17P2. The number of hydrogen-bond acceptors (Lipinski definition) is 15. The maximum absolute atomic E-state index is 13.1. The maximum atomic E-state index is 13.1. The van der Waals surface area contributed by atoms with Gasteiger partial charge in [-0.1, -0.05) is 357 Å². The highest BCUT2D eigenvalue weighted by Gasteiger charge is 2.30. The van der Waals surface area contributed by atoms with Gasteiger partial charge in [0.15, 0.2) is 12.2 Å². The SMILES string of the molecule is CCC(C)CCCCCCCCCCCCCCCCCCCCC(=O)O[C@H](COC(=O)CCCCCCCCCCCCCCCC(C)C)COP(=O)(O)OCC(O)COP(=O)(O)OC[C@@H](COC(=O)CCCCCCCCCCC(C)C)OC(=O)CCCCCCCCC(C)CC. The predicted octanol–water partition coefficient (Wildman–Crippen LogP) is 23.6. The van der Waals surface area contributed by atoms with E-state index in [1.54, 1.807) is 0 Å². The van der Waals surface area contributed by atoms with Crippen LogP contribution >= 0.6 is 15.6 Å². The Hall–Kier alpha value is -1.94. The van der Waals surface area contributed by atoms with E-state index in [9.17, 15) is 43.2 Å². The first-order valence-electron chi connectivity index (χ1n) is 41.3. The van der Waals surface area contributed by atoms with Gasteiger partial charge in [-0.15, -0.1) is 0 Å². The van der Waals surface area contributed by atoms with Crippen molar-refractivity contribution in [2.45, 2.75) is 427 Å². The molecule has 0 saturated carbocycles. The fourth-order valence-electron chi connectivity index (χ4n) is 12.2. The van der Waals surface area contributed by atoms with E-state index in [2.05, 4.69) is 55.4 Å². The van der Waals surface area contributed by atoms with Gasteiger partial charge in [-0.05, 0) is 49.4 Å². The van der Waals surface area contributed by atoms with Crippen LogP contribution in [0.1, 0.15) is 409 Å². The second-order valence-electron chi connectivity index (χ2n) is 30.2. The lowest BCUT2D eigenvalue weighted by atomic mass is 9.99. The highest BCUT2D eigenvalue weighted by molar-refractivity contribution is 7.47. The van der Waals surface area contributed by atoms with Crippen LogP contribution in [0.5, 0.6) is 0 Å². The summed E-state index contributed by atoms with van der Waals surface area (Å²) in [4.78, 5) is 72.9. The lowest BCUT2D eigenvalue weighted by Crippen LogP contribution is -2.30. The van der Waals surface area contributed by atoms with Gasteiger partial charge in [0.25, 0.3) is 0 Å². The summed E-state index contributed by atoms with van der Waals surface area (Å²) in [6.45, 7) is 14.2. The molecule has 0 amide bonds. The van der Waals surface area contributed by atoms with Crippen LogP contribution in [0.25, 0.3) is 0 Å². The van der Waals surface area contributed by atoms with E-state index >= 15 is 0 Å². The van der Waals surface area contributed by atoms with E-state index in [0.29, 0.717) is 25.7 Å². The molecule has 0 aromatic carbocycles. The number of phosphoric ester groups is 2. The third kappa shape index (κ3) is 71.5. The average molecular weight is 1450 g/mol. The number of aliphatic hydroxyl groups excluding tert-OH is 1. The van der Waals surface area contributed by atoms with Crippen molar-refractivity contribution in [1.29, 1.82) is 0 Å². The van der Waals surface area contributed by atoms with Gasteiger partial charge >= 0.3 is 39.5 Å². The molecule has 0 spiro atoms. The lowest BCUT2D eigenvalue weighted by molar-refractivity contribution is -0.161. The van der Waals surface area contributed by atoms with Gasteiger partial charge in [0.05, 0.1) is 26.4 Å². The molecule has 19 heteroatoms. The minimum atomic E-state index is -4.96. The van der Waals surface area contributed by atoms with E-state index in [-0.39, 0.29) is 25.7 Å². The first-order valence-corrected chi connectivity index (χ1v) is 44.3. The number of rotatable bonds is 77. The number of carbonyl (C=O) groups excluding carboxylic acids is 4. The Morgan fingerprint density at radius 1 is 0.283 bits per heavy atom. The molecule has 0 rings (SSSR count). The molecule has 0 radical (unpaired) electrons. The van der Waals surface area contributed by atoms with Crippen LogP contribution in [-0.2, 0) is 65.4 Å². The Morgan fingerprint density at radius 2 is 0.485 bits per heavy atom. The molecule has 588 valence electrons. The van der Waals surface area contributed by atoms with Crippen molar-refractivity contribution >= 4 is 39.5 Å². The summed E-state index contributed by atoms with van der Waals surface area (Å²) in [7, 11) is -9.92. The monoisotopic (exact) mass is 1450 g/mol. The molecule has 17 nitrogen and oxygen atoms in total. The molecule has 7 atom stereocenters. The molecule has 5 unspecified atom stereocenters. The summed E-state index contributed by atoms with van der Waals surface area (Å²) >= 11 is 0. The minimum Gasteiger partial charge on any atom is -0.462 e. The second kappa shape index (κ2) is 69.1. The zero-order chi connectivity index (χ0) is 73.1. The Bertz CT molecular complexity index is 1940. The van der Waals surface area contributed by atoms with Gasteiger partial charge in [0.2, 0.25) is 0 Å². The Kier molecular flexibility index (Phi) is 67.8. The molecule has 0 aliphatic heterocycles. The van der Waals surface area contributed by atoms with Crippen molar-refractivity contribution in [2.24, 2.45) is 23.7 Å². The first-order chi connectivity index (χ1) is 47.7. The Morgan fingerprint density at radius 3 is 0.717 bits per heavy atom. The molecule has 0 aliphatic rings. The van der Waals surface area contributed by atoms with Crippen LogP contribution in [-0.4, -0.2) is 96.7 Å². The number of carbonyl (C=O) groups is 4. The third-order valence-electron chi connectivity index (χ3n) is 19.3. The molecule has 99 heavy (non-hydrogen) atoms. The van der Waals surface area contributed by atoms with E-state index in [1.807, 2.05) is 0 Å². The fourth-order valence-corrected chi connectivity index (χ4v) is 13.8. The normalized spacial score (nSPS) is 14.6. The molecule has 0 saturated heterocycles. The third-order valence-corrected chi connectivity index (χ3v) is 21.2. The molecule has 0 heterocycles. The zero-order valence-corrected chi connectivity index (χ0v) is 66.9. The highest BCUT2D eigenvalue weighted by Crippen LogP contribution is 2.45. The second-order valence-corrected chi connectivity index (χ2v) is 33.1. The summed E-state index contributed by atoms with van der Waals surface area (Å²) in [6.07, 6.45) is 55.7. The summed E-state index contributed by atoms with van der Waals surface area (Å²) in [6, 6.07) is 0. The number of phosphoric acid groups is 2. The van der Waals surface area contributed by atoms with Crippen LogP contribution in [0, 0.1) is 23.7 Å². The number of esters is 4. The molecule has 0 aromatic rings. The minimum absolute atomic E-state index is 0.102. The van der Waals surface area contributed by atoms with Crippen LogP contribution in [0.3, 0.4) is 0 Å². The maximum Gasteiger partial charge on any atom is 0.472 e. The summed E-state index contributed by atoms with van der Waals surface area (Å²) in [5, 5.41) is 10.6. The number of unbranched alkanes of at least 4 members (excludes halogenated alkanes) is 41. The summed E-state index contributed by atoms with van der Waals surface area (Å²) in [5.41, 5.74) is 0. The van der Waals surface area contributed by atoms with Crippen molar-refractivity contribution in [3.8, 4) is 0 Å². The van der Waals surface area contributed by atoms with E-state index in [1.165, 1.54) is 212 Å². The van der Waals surface area contributed by atoms with Crippen molar-refractivity contribution in [3.63, 3.8) is 0 Å². The molecule has 3 N–H and O–H groups in total. The van der Waals surface area contributed by atoms with E-state index in [0.717, 1.165) is 114 Å². The molecule has 0 bridgehead atoms. The number of aliphatic hydroxyl groups is 1. The summed E-state index contributed by atoms with van der Waals surface area (Å²) in [5.74, 6) is 0.989. The standard InChI is InChI=1S/C80H156O17P2/c1-9-72(7)58-50-42-34-27-23-19-15-13-11-12-14-16-20-25-29-37-46-54-62-79(84)96-75(66-90-77(82)60-52-44-35-28-24-21-17-18-22-26-32-40-48-56-70(3)4)68-94-98(86,87)92-64-74(81)65-93-99(88,89)95-69-76(97-80(85)63-55-47-39-38-43-51-59-73(8)10-2)67-91-78(83)61-53-45-36-31-30-33-41-49-57-71(5)6/h70-76,81H,9-69H2,1-8H3,(H,86,87)(H,88,89)/t72?,73?,74?,75-,76-/m1/s1. The van der Waals surface area contributed by atoms with Crippen LogP contribution in [0.2, 0.25) is 0 Å². The first kappa shape index (κ1) is 97.1. The van der Waals surface area contributed by atoms with Crippen molar-refractivity contribution in [3.05, 3.63) is 0 Å². The van der Waals surface area contributed by atoms with Crippen molar-refractivity contribution in [1.82, 2.24) is 0 Å². The van der Waals surface area contributed by atoms with Gasteiger partial charge in [-0.25, -0.2) is 9.13 Å². The van der Waals surface area contributed by atoms with Crippen LogP contribution in [0.4, 0.5) is 0 Å². The molecular weight excluding hydrogens is 1290 g/mol. The van der Waals surface area contributed by atoms with Crippen molar-refractivity contribution < 1.29 is 80.2 Å². The zero-order valence-electron chi connectivity index (χ0n) is 65.1. The molecule has 0 aromatic heterocycles. The topological polar surface area (TPSA) is 237 Å². The quantitative estimate of drug-likeness (QED) is 0.0222. The fraction of sp³-hybridized carbons (Fsp3) is 0.950. The van der Waals surface area contributed by atoms with E-state index in [4.69, 9.17) is 37.0 Å². The van der Waals surface area contributed by atoms with Crippen LogP contribution in [0.15, 0.2) is 0 Å². The van der Waals surface area contributed by atoms with Gasteiger partial charge in [-0.2, -0.15) is 0 Å². The Balaban J connectivity index is 5.20. The largest absolute Gasteiger partial charge is 0.472 e. The van der Waals surface area contributed by atoms with Crippen molar-refractivity contribution in [2.75, 3.05) is 39.6 Å². The highest BCUT2D eigenvalue weighted by atomic mass is 31.2. The predicted molar refractivity (Wildman–Crippen MR) is 404 cm³/mol. The van der Waals surface area contributed by atoms with Gasteiger partial charge < -0.3 is 33.8 Å². The smallest absolute Gasteiger partial charge is 0.462 e. The van der Waals surface area contributed by atoms with Crippen LogP contribution < -0.4 is 0 Å². The number of hydrogen-bond donors (Lipinski definition) is 3. The average Bonchev–Trinajstić information content (AvgIpc) is 1.05. The van der Waals surface area contributed by atoms with Gasteiger partial charge in [-0.3, -0.25) is 37.3 Å². The van der Waals surface area contributed by atoms with Gasteiger partial charge in [0, 0.05) is 25.7 Å². The molecule has 0 fully saturated rings. The van der Waals surface area contributed by atoms with E-state index < -0.39 is 97.5 Å². The summed E-state index contributed by atoms with van der Waals surface area (Å²) < 4.78 is 68.6. The molecule has 0 aliphatic carbocycles. The van der Waals surface area contributed by atoms with Gasteiger partial charge in [0.1, 0.15) is 19.3 Å². The lowest BCUT2D eigenvalue weighted by Gasteiger charge is -2.21.